The Morgan fingerprint density at radius 3 is 2.82 bits per heavy atom. The molecule has 0 aromatic carbocycles. The van der Waals surface area contributed by atoms with Crippen molar-refractivity contribution in [3.8, 4) is 0 Å². The lowest BCUT2D eigenvalue weighted by atomic mass is 10.4. The molecule has 0 radical (unpaired) electrons. The van der Waals surface area contributed by atoms with E-state index in [1.807, 2.05) is 4.57 Å². The fourth-order valence-electron chi connectivity index (χ4n) is 1.41. The van der Waals surface area contributed by atoms with Crippen LogP contribution in [-0.2, 0) is 13.1 Å². The minimum absolute atomic E-state index is 0.518. The third-order valence-electron chi connectivity index (χ3n) is 2.19. The van der Waals surface area contributed by atoms with Gasteiger partial charge in [-0.15, -0.1) is 10.2 Å². The predicted molar refractivity (Wildman–Crippen MR) is 64.7 cm³/mol. The first-order valence-corrected chi connectivity index (χ1v) is 5.75. The lowest BCUT2D eigenvalue weighted by Crippen LogP contribution is -2.09. The molecule has 0 spiro atoms. The monoisotopic (exact) mass is 252 g/mol. The topological polar surface area (TPSA) is 68.5 Å². The van der Waals surface area contributed by atoms with Crippen LogP contribution in [0.4, 0.5) is 5.95 Å². The van der Waals surface area contributed by atoms with Crippen molar-refractivity contribution in [2.24, 2.45) is 0 Å². The van der Waals surface area contributed by atoms with Gasteiger partial charge in [-0.05, 0) is 6.42 Å². The third-order valence-corrected chi connectivity index (χ3v) is 2.38. The highest BCUT2D eigenvalue weighted by molar-refractivity contribution is 6.30. The molecule has 0 bridgehead atoms. The van der Waals surface area contributed by atoms with Gasteiger partial charge in [0.15, 0.2) is 5.82 Å². The van der Waals surface area contributed by atoms with E-state index in [9.17, 15) is 0 Å². The van der Waals surface area contributed by atoms with Crippen molar-refractivity contribution in [1.29, 1.82) is 0 Å². The molecule has 0 aliphatic rings. The van der Waals surface area contributed by atoms with E-state index in [0.717, 1.165) is 18.8 Å². The highest BCUT2D eigenvalue weighted by Crippen LogP contribution is 2.06. The van der Waals surface area contributed by atoms with Gasteiger partial charge in [0.05, 0.1) is 24.0 Å². The van der Waals surface area contributed by atoms with Crippen LogP contribution in [0.2, 0.25) is 5.02 Å². The van der Waals surface area contributed by atoms with E-state index in [0.29, 0.717) is 17.5 Å². The van der Waals surface area contributed by atoms with Gasteiger partial charge in [0, 0.05) is 6.54 Å². The Hall–Kier alpha value is -1.69. The summed E-state index contributed by atoms with van der Waals surface area (Å²) in [6.07, 6.45) is 5.87. The Bertz CT molecular complexity index is 466. The summed E-state index contributed by atoms with van der Waals surface area (Å²) in [5, 5.41) is 11.5. The molecule has 0 saturated heterocycles. The lowest BCUT2D eigenvalue weighted by molar-refractivity contribution is 0.643. The number of aryl methyl sites for hydroxylation is 1. The molecule has 2 rings (SSSR count). The molecule has 0 amide bonds. The number of nitrogens with one attached hydrogen (secondary N) is 1. The summed E-state index contributed by atoms with van der Waals surface area (Å²) >= 11 is 5.70. The first-order valence-electron chi connectivity index (χ1n) is 5.37. The van der Waals surface area contributed by atoms with Crippen LogP contribution in [0.5, 0.6) is 0 Å². The Morgan fingerprint density at radius 1 is 1.35 bits per heavy atom. The van der Waals surface area contributed by atoms with E-state index in [2.05, 4.69) is 32.4 Å². The maximum atomic E-state index is 5.70. The summed E-state index contributed by atoms with van der Waals surface area (Å²) in [7, 11) is 0. The number of rotatable bonds is 5. The highest BCUT2D eigenvalue weighted by atomic mass is 35.5. The van der Waals surface area contributed by atoms with Gasteiger partial charge in [-0.1, -0.05) is 18.5 Å². The Morgan fingerprint density at radius 2 is 2.12 bits per heavy atom. The van der Waals surface area contributed by atoms with Crippen molar-refractivity contribution in [2.75, 3.05) is 5.32 Å². The second kappa shape index (κ2) is 5.58. The van der Waals surface area contributed by atoms with E-state index in [1.54, 1.807) is 18.7 Å². The summed E-state index contributed by atoms with van der Waals surface area (Å²) in [4.78, 5) is 8.08. The van der Waals surface area contributed by atoms with E-state index < -0.39 is 0 Å². The van der Waals surface area contributed by atoms with Gasteiger partial charge in [-0.25, -0.2) is 9.97 Å². The number of halogens is 1. The van der Waals surface area contributed by atoms with Crippen LogP contribution in [0.3, 0.4) is 0 Å². The molecule has 2 aromatic heterocycles. The minimum atomic E-state index is 0.518. The zero-order valence-corrected chi connectivity index (χ0v) is 10.2. The van der Waals surface area contributed by atoms with Gasteiger partial charge in [0.1, 0.15) is 6.33 Å². The van der Waals surface area contributed by atoms with Gasteiger partial charge < -0.3 is 9.88 Å². The smallest absolute Gasteiger partial charge is 0.223 e. The summed E-state index contributed by atoms with van der Waals surface area (Å²) in [5.41, 5.74) is 0. The summed E-state index contributed by atoms with van der Waals surface area (Å²) in [5.74, 6) is 1.39. The first-order chi connectivity index (χ1) is 8.29. The molecule has 0 unspecified atom stereocenters. The van der Waals surface area contributed by atoms with Crippen LogP contribution in [0.1, 0.15) is 19.2 Å². The molecule has 2 aromatic rings. The molecule has 7 heteroatoms. The van der Waals surface area contributed by atoms with Crippen molar-refractivity contribution in [2.45, 2.75) is 26.4 Å². The van der Waals surface area contributed by atoms with Crippen molar-refractivity contribution in [3.05, 3.63) is 29.6 Å². The number of nitrogens with zero attached hydrogens (tertiary/aromatic N) is 5. The molecular formula is C10H13ClN6. The van der Waals surface area contributed by atoms with Gasteiger partial charge in [0.25, 0.3) is 0 Å². The van der Waals surface area contributed by atoms with Gasteiger partial charge in [-0.2, -0.15) is 0 Å². The fraction of sp³-hybridized carbons (Fsp3) is 0.400. The standard InChI is InChI=1S/C10H13ClN6/c1-2-3-17-7-15-16-9(17)6-14-10-12-4-8(11)5-13-10/h4-5,7H,2-3,6H2,1H3,(H,12,13,14). The van der Waals surface area contributed by atoms with Gasteiger partial charge >= 0.3 is 0 Å². The van der Waals surface area contributed by atoms with E-state index in [4.69, 9.17) is 11.6 Å². The van der Waals surface area contributed by atoms with Gasteiger partial charge in [-0.3, -0.25) is 0 Å². The minimum Gasteiger partial charge on any atom is -0.347 e. The molecule has 0 aliphatic heterocycles. The highest BCUT2D eigenvalue weighted by Gasteiger charge is 2.03. The van der Waals surface area contributed by atoms with E-state index in [1.165, 1.54) is 0 Å². The zero-order chi connectivity index (χ0) is 12.1. The number of aromatic nitrogens is 5. The quantitative estimate of drug-likeness (QED) is 0.878. The zero-order valence-electron chi connectivity index (χ0n) is 9.47. The maximum absolute atomic E-state index is 5.70. The molecule has 0 atom stereocenters. The summed E-state index contributed by atoms with van der Waals surface area (Å²) in [6, 6.07) is 0. The van der Waals surface area contributed by atoms with E-state index >= 15 is 0 Å². The summed E-state index contributed by atoms with van der Waals surface area (Å²) in [6.45, 7) is 3.56. The Kier molecular flexibility index (Phi) is 3.87. The van der Waals surface area contributed by atoms with Crippen LogP contribution >= 0.6 is 11.6 Å². The van der Waals surface area contributed by atoms with E-state index in [-0.39, 0.29) is 0 Å². The number of hydrogen-bond donors (Lipinski definition) is 1. The van der Waals surface area contributed by atoms with Crippen LogP contribution in [0.15, 0.2) is 18.7 Å². The van der Waals surface area contributed by atoms with Crippen molar-refractivity contribution in [1.82, 2.24) is 24.7 Å². The van der Waals surface area contributed by atoms with Crippen molar-refractivity contribution in [3.63, 3.8) is 0 Å². The molecule has 1 N–H and O–H groups in total. The van der Waals surface area contributed by atoms with Crippen molar-refractivity contribution < 1.29 is 0 Å². The molecule has 0 saturated carbocycles. The molecular weight excluding hydrogens is 240 g/mol. The largest absolute Gasteiger partial charge is 0.347 e. The molecule has 6 nitrogen and oxygen atoms in total. The molecule has 0 fully saturated rings. The Labute approximate surface area is 104 Å². The molecule has 90 valence electrons. The second-order valence-corrected chi connectivity index (χ2v) is 3.96. The van der Waals surface area contributed by atoms with Crippen LogP contribution in [-0.4, -0.2) is 24.7 Å². The van der Waals surface area contributed by atoms with Crippen LogP contribution in [0, 0.1) is 0 Å². The molecule has 2 heterocycles. The second-order valence-electron chi connectivity index (χ2n) is 3.52. The Balaban J connectivity index is 1.97. The maximum Gasteiger partial charge on any atom is 0.223 e. The van der Waals surface area contributed by atoms with Crippen LogP contribution < -0.4 is 5.32 Å². The molecule has 0 aliphatic carbocycles. The number of hydrogen-bond acceptors (Lipinski definition) is 5. The first kappa shape index (κ1) is 11.8. The lowest BCUT2D eigenvalue weighted by Gasteiger charge is -2.06. The fourth-order valence-corrected chi connectivity index (χ4v) is 1.50. The van der Waals surface area contributed by atoms with Gasteiger partial charge in [0.2, 0.25) is 5.95 Å². The average Bonchev–Trinajstić information content (AvgIpc) is 2.77. The van der Waals surface area contributed by atoms with Crippen molar-refractivity contribution >= 4 is 17.5 Å². The number of anilines is 1. The SMILES string of the molecule is CCCn1cnnc1CNc1ncc(Cl)cn1. The average molecular weight is 253 g/mol. The van der Waals surface area contributed by atoms with Crippen LogP contribution in [0.25, 0.3) is 0 Å². The molecule has 17 heavy (non-hydrogen) atoms. The third kappa shape index (κ3) is 3.13. The summed E-state index contributed by atoms with van der Waals surface area (Å²) < 4.78 is 2.00. The normalized spacial score (nSPS) is 10.5. The predicted octanol–water partition coefficient (Wildman–Crippen LogP) is 1.74.